The Balaban J connectivity index is 2.38. The molecule has 0 aliphatic heterocycles. The predicted molar refractivity (Wildman–Crippen MR) is 52.5 cm³/mol. The highest BCUT2D eigenvalue weighted by Crippen LogP contribution is 2.22. The third-order valence-corrected chi connectivity index (χ3v) is 2.10. The van der Waals surface area contributed by atoms with Crippen LogP contribution in [0.5, 0.6) is 0 Å². The summed E-state index contributed by atoms with van der Waals surface area (Å²) in [5, 5.41) is 9.06. The van der Waals surface area contributed by atoms with Gasteiger partial charge in [-0.15, -0.1) is 0 Å². The maximum Gasteiger partial charge on any atom is 0.0992 e. The molecule has 0 amide bonds. The lowest BCUT2D eigenvalue weighted by atomic mass is 9.96. The van der Waals surface area contributed by atoms with E-state index in [1.165, 1.54) is 0 Å². The molecule has 0 aromatic carbocycles. The lowest BCUT2D eigenvalue weighted by Gasteiger charge is -2.05. The first kappa shape index (κ1) is 8.52. The van der Waals surface area contributed by atoms with E-state index in [1.54, 1.807) is 12.4 Å². The van der Waals surface area contributed by atoms with Crippen LogP contribution in [0.15, 0.2) is 43.0 Å². The van der Waals surface area contributed by atoms with Gasteiger partial charge < -0.3 is 4.98 Å². The summed E-state index contributed by atoms with van der Waals surface area (Å²) in [7, 11) is 0. The maximum absolute atomic E-state index is 9.06. The molecule has 3 nitrogen and oxygen atoms in total. The first-order chi connectivity index (χ1) is 6.92. The van der Waals surface area contributed by atoms with Crippen molar-refractivity contribution in [2.45, 2.75) is 5.92 Å². The van der Waals surface area contributed by atoms with Gasteiger partial charge in [0, 0.05) is 24.8 Å². The molecule has 2 rings (SSSR count). The fourth-order valence-corrected chi connectivity index (χ4v) is 1.40. The number of hydrogen-bond donors (Lipinski definition) is 1. The van der Waals surface area contributed by atoms with Crippen LogP contribution in [0.3, 0.4) is 0 Å². The normalized spacial score (nSPS) is 11.9. The third kappa shape index (κ3) is 1.50. The first-order valence-electron chi connectivity index (χ1n) is 4.34. The van der Waals surface area contributed by atoms with Crippen LogP contribution in [-0.2, 0) is 0 Å². The number of H-pyrrole nitrogens is 1. The molecule has 0 fully saturated rings. The molecule has 0 aliphatic carbocycles. The van der Waals surface area contributed by atoms with Gasteiger partial charge in [-0.05, 0) is 23.3 Å². The summed E-state index contributed by atoms with van der Waals surface area (Å²) in [6.07, 6.45) is 7.08. The molecule has 0 radical (unpaired) electrons. The maximum atomic E-state index is 9.06. The van der Waals surface area contributed by atoms with Crippen molar-refractivity contribution in [3.63, 3.8) is 0 Å². The summed E-state index contributed by atoms with van der Waals surface area (Å²) in [5.41, 5.74) is 1.90. The summed E-state index contributed by atoms with van der Waals surface area (Å²) in [4.78, 5) is 6.94. The summed E-state index contributed by atoms with van der Waals surface area (Å²) >= 11 is 0. The van der Waals surface area contributed by atoms with Crippen molar-refractivity contribution < 1.29 is 0 Å². The molecular formula is C11H9N3. The lowest BCUT2D eigenvalue weighted by Crippen LogP contribution is -1.96. The van der Waals surface area contributed by atoms with Crippen LogP contribution < -0.4 is 0 Å². The Labute approximate surface area is 82.0 Å². The van der Waals surface area contributed by atoms with E-state index >= 15 is 0 Å². The zero-order valence-corrected chi connectivity index (χ0v) is 7.51. The summed E-state index contributed by atoms with van der Waals surface area (Å²) < 4.78 is 0. The summed E-state index contributed by atoms with van der Waals surface area (Å²) in [6, 6.07) is 7.91. The molecule has 0 spiro atoms. The molecule has 2 aromatic rings. The molecule has 14 heavy (non-hydrogen) atoms. The standard InChI is InChI=1S/C11H9N3/c12-6-11(10-3-5-14-8-10)9-2-1-4-13-7-9/h1-5,7-8,11,14H. The van der Waals surface area contributed by atoms with E-state index < -0.39 is 0 Å². The number of nitrogens with zero attached hydrogens (tertiary/aromatic N) is 2. The van der Waals surface area contributed by atoms with E-state index in [0.717, 1.165) is 11.1 Å². The monoisotopic (exact) mass is 183 g/mol. The summed E-state index contributed by atoms with van der Waals surface area (Å²) in [6.45, 7) is 0. The Morgan fingerprint density at radius 3 is 2.86 bits per heavy atom. The fourth-order valence-electron chi connectivity index (χ4n) is 1.40. The molecule has 1 atom stereocenters. The minimum Gasteiger partial charge on any atom is -0.367 e. The Bertz CT molecular complexity index is 425. The largest absolute Gasteiger partial charge is 0.367 e. The van der Waals surface area contributed by atoms with Crippen molar-refractivity contribution in [1.82, 2.24) is 9.97 Å². The van der Waals surface area contributed by atoms with Crippen LogP contribution in [-0.4, -0.2) is 9.97 Å². The average molecular weight is 183 g/mol. The third-order valence-electron chi connectivity index (χ3n) is 2.10. The highest BCUT2D eigenvalue weighted by molar-refractivity contribution is 5.34. The van der Waals surface area contributed by atoms with Crippen molar-refractivity contribution in [2.24, 2.45) is 0 Å². The fraction of sp³-hybridized carbons (Fsp3) is 0.0909. The van der Waals surface area contributed by atoms with E-state index in [9.17, 15) is 0 Å². The van der Waals surface area contributed by atoms with Crippen LogP contribution >= 0.6 is 0 Å². The molecule has 0 bridgehead atoms. The molecule has 3 heteroatoms. The predicted octanol–water partition coefficient (Wildman–Crippen LogP) is 2.07. The van der Waals surface area contributed by atoms with Gasteiger partial charge in [-0.3, -0.25) is 4.98 Å². The second-order valence-corrected chi connectivity index (χ2v) is 2.99. The zero-order valence-electron chi connectivity index (χ0n) is 7.51. The van der Waals surface area contributed by atoms with Crippen molar-refractivity contribution in [2.75, 3.05) is 0 Å². The van der Waals surface area contributed by atoms with E-state index in [1.807, 2.05) is 30.6 Å². The number of hydrogen-bond acceptors (Lipinski definition) is 2. The van der Waals surface area contributed by atoms with Crippen LogP contribution in [0.25, 0.3) is 0 Å². The number of rotatable bonds is 2. The quantitative estimate of drug-likeness (QED) is 0.774. The number of pyridine rings is 1. The minimum absolute atomic E-state index is 0.227. The molecule has 2 aromatic heterocycles. The van der Waals surface area contributed by atoms with Crippen LogP contribution in [0.1, 0.15) is 17.0 Å². The minimum atomic E-state index is -0.227. The van der Waals surface area contributed by atoms with E-state index in [2.05, 4.69) is 16.0 Å². The smallest absolute Gasteiger partial charge is 0.0992 e. The SMILES string of the molecule is N#CC(c1cccnc1)c1cc[nH]c1. The highest BCUT2D eigenvalue weighted by atomic mass is 14.6. The molecular weight excluding hydrogens is 174 g/mol. The van der Waals surface area contributed by atoms with Crippen LogP contribution in [0.2, 0.25) is 0 Å². The van der Waals surface area contributed by atoms with E-state index in [-0.39, 0.29) is 5.92 Å². The number of aromatic nitrogens is 2. The van der Waals surface area contributed by atoms with Gasteiger partial charge in [0.25, 0.3) is 0 Å². The Kier molecular flexibility index (Phi) is 2.28. The van der Waals surface area contributed by atoms with Crippen LogP contribution in [0, 0.1) is 11.3 Å². The molecule has 2 heterocycles. The number of nitrogens with one attached hydrogen (secondary N) is 1. The van der Waals surface area contributed by atoms with Crippen molar-refractivity contribution >= 4 is 0 Å². The average Bonchev–Trinajstić information content (AvgIpc) is 2.74. The molecule has 0 aliphatic rings. The molecule has 0 saturated carbocycles. The summed E-state index contributed by atoms with van der Waals surface area (Å²) in [5.74, 6) is -0.227. The van der Waals surface area contributed by atoms with Crippen LogP contribution in [0.4, 0.5) is 0 Å². The van der Waals surface area contributed by atoms with Gasteiger partial charge in [0.1, 0.15) is 0 Å². The van der Waals surface area contributed by atoms with Gasteiger partial charge in [0.15, 0.2) is 0 Å². The van der Waals surface area contributed by atoms with Gasteiger partial charge in [-0.2, -0.15) is 5.26 Å². The first-order valence-corrected chi connectivity index (χ1v) is 4.34. The molecule has 1 N–H and O–H groups in total. The van der Waals surface area contributed by atoms with E-state index in [4.69, 9.17) is 5.26 Å². The van der Waals surface area contributed by atoms with Crippen molar-refractivity contribution in [1.29, 1.82) is 5.26 Å². The molecule has 68 valence electrons. The van der Waals surface area contributed by atoms with Crippen molar-refractivity contribution in [3.05, 3.63) is 54.1 Å². The second kappa shape index (κ2) is 3.75. The molecule has 0 saturated heterocycles. The molecule has 1 unspecified atom stereocenters. The topological polar surface area (TPSA) is 52.5 Å². The van der Waals surface area contributed by atoms with Gasteiger partial charge >= 0.3 is 0 Å². The van der Waals surface area contributed by atoms with E-state index in [0.29, 0.717) is 0 Å². The zero-order chi connectivity index (χ0) is 9.80. The number of aromatic amines is 1. The Morgan fingerprint density at radius 2 is 2.29 bits per heavy atom. The number of nitriles is 1. The lowest BCUT2D eigenvalue weighted by molar-refractivity contribution is 1.02. The van der Waals surface area contributed by atoms with Gasteiger partial charge in [-0.1, -0.05) is 6.07 Å². The van der Waals surface area contributed by atoms with Gasteiger partial charge in [0.05, 0.1) is 12.0 Å². The second-order valence-electron chi connectivity index (χ2n) is 2.99. The van der Waals surface area contributed by atoms with Gasteiger partial charge in [-0.25, -0.2) is 0 Å². The Hall–Kier alpha value is -2.08. The van der Waals surface area contributed by atoms with Crippen molar-refractivity contribution in [3.8, 4) is 6.07 Å². The Morgan fingerprint density at radius 1 is 1.36 bits per heavy atom. The highest BCUT2D eigenvalue weighted by Gasteiger charge is 2.12. The van der Waals surface area contributed by atoms with Gasteiger partial charge in [0.2, 0.25) is 0 Å².